The molecule has 2 aromatic carbocycles. The third-order valence-electron chi connectivity index (χ3n) is 8.91. The molecule has 0 bridgehead atoms. The molecule has 0 aliphatic carbocycles. The number of carbonyl (C=O) groups excluding carboxylic acids is 1. The summed E-state index contributed by atoms with van der Waals surface area (Å²) in [7, 11) is 1.81. The average Bonchev–Trinajstić information content (AvgIpc) is 3.48. The maximum atomic E-state index is 16.6. The summed E-state index contributed by atoms with van der Waals surface area (Å²) in [6, 6.07) is 5.95. The van der Waals surface area contributed by atoms with Crippen molar-refractivity contribution < 1.29 is 22.7 Å². The number of likely N-dealkylation sites (N-methyl/N-ethyl adjacent to an activating group) is 1. The summed E-state index contributed by atoms with van der Waals surface area (Å²) in [5, 5.41) is 1.61. The van der Waals surface area contributed by atoms with Crippen LogP contribution in [0.3, 0.4) is 0 Å². The van der Waals surface area contributed by atoms with E-state index in [1.807, 2.05) is 16.8 Å². The van der Waals surface area contributed by atoms with Crippen molar-refractivity contribution in [3.05, 3.63) is 66.0 Å². The zero-order valence-corrected chi connectivity index (χ0v) is 24.1. The quantitative estimate of drug-likeness (QED) is 0.280. The fourth-order valence-corrected chi connectivity index (χ4v) is 6.98. The highest BCUT2D eigenvalue weighted by molar-refractivity contribution is 6.36. The standard InChI is InChI=1S/C31H28ClF3N6O2/c1-3-25(42)40-8-7-23-24(40)14-41(23)30-19-10-22(34)27(20-12-36-11-16-5-4-6-21(32)26(16)20)28(35)29(19)37-31(38-30)43-15-18-9-17(33)13-39(18)2/h3-6,10-12,17-18,23-24H,1,7-9,13-15H2,2H3/t17-,18+,23-,24-/m1/s1. The minimum atomic E-state index is -0.961. The van der Waals surface area contributed by atoms with Gasteiger partial charge in [0.15, 0.2) is 5.82 Å². The summed E-state index contributed by atoms with van der Waals surface area (Å²) >= 11 is 6.49. The number of hydrogen-bond acceptors (Lipinski definition) is 7. The van der Waals surface area contributed by atoms with Crippen LogP contribution in [-0.2, 0) is 4.79 Å². The fourth-order valence-electron chi connectivity index (χ4n) is 6.70. The predicted octanol–water partition coefficient (Wildman–Crippen LogP) is 5.17. The monoisotopic (exact) mass is 608 g/mol. The van der Waals surface area contributed by atoms with Gasteiger partial charge in [0.05, 0.1) is 17.6 Å². The average molecular weight is 609 g/mol. The van der Waals surface area contributed by atoms with Crippen LogP contribution in [0.5, 0.6) is 6.01 Å². The zero-order chi connectivity index (χ0) is 30.0. The Kier molecular flexibility index (Phi) is 6.89. The van der Waals surface area contributed by atoms with E-state index in [0.29, 0.717) is 54.1 Å². The van der Waals surface area contributed by atoms with Gasteiger partial charge in [-0.1, -0.05) is 30.3 Å². The highest BCUT2D eigenvalue weighted by atomic mass is 35.5. The molecule has 3 aliphatic heterocycles. The van der Waals surface area contributed by atoms with Gasteiger partial charge >= 0.3 is 6.01 Å². The smallest absolute Gasteiger partial charge is 0.319 e. The van der Waals surface area contributed by atoms with Gasteiger partial charge in [-0.05, 0) is 38.1 Å². The molecule has 3 aliphatic rings. The predicted molar refractivity (Wildman–Crippen MR) is 158 cm³/mol. The van der Waals surface area contributed by atoms with Crippen molar-refractivity contribution in [2.75, 3.05) is 38.2 Å². The molecule has 0 N–H and O–H groups in total. The number of fused-ring (bicyclic) bond motifs is 3. The van der Waals surface area contributed by atoms with Gasteiger partial charge < -0.3 is 14.5 Å². The van der Waals surface area contributed by atoms with Gasteiger partial charge in [-0.25, -0.2) is 13.2 Å². The van der Waals surface area contributed by atoms with Crippen LogP contribution in [0.1, 0.15) is 12.8 Å². The topological polar surface area (TPSA) is 74.7 Å². The molecule has 0 spiro atoms. The van der Waals surface area contributed by atoms with Gasteiger partial charge in [0.25, 0.3) is 0 Å². The molecule has 2 aromatic heterocycles. The number of alkyl halides is 1. The molecule has 43 heavy (non-hydrogen) atoms. The summed E-state index contributed by atoms with van der Waals surface area (Å²) in [5.74, 6) is -1.55. The van der Waals surface area contributed by atoms with Crippen LogP contribution >= 0.6 is 11.6 Å². The molecule has 8 nitrogen and oxygen atoms in total. The maximum absolute atomic E-state index is 16.6. The molecular formula is C31H28ClF3N6O2. The van der Waals surface area contributed by atoms with Crippen LogP contribution in [0.4, 0.5) is 19.0 Å². The van der Waals surface area contributed by atoms with E-state index >= 15 is 8.78 Å². The van der Waals surface area contributed by atoms with Gasteiger partial charge in [0.2, 0.25) is 5.91 Å². The lowest BCUT2D eigenvalue weighted by molar-refractivity contribution is -0.127. The van der Waals surface area contributed by atoms with Crippen LogP contribution in [0, 0.1) is 11.6 Å². The van der Waals surface area contributed by atoms with E-state index < -0.39 is 17.8 Å². The van der Waals surface area contributed by atoms with E-state index in [4.69, 9.17) is 16.3 Å². The number of pyridine rings is 1. The van der Waals surface area contributed by atoms with Gasteiger partial charge in [0, 0.05) is 64.8 Å². The van der Waals surface area contributed by atoms with Crippen LogP contribution in [0.15, 0.2) is 49.3 Å². The number of aromatic nitrogens is 3. The Hall–Kier alpha value is -3.96. The number of halogens is 4. The Balaban J connectivity index is 1.35. The Morgan fingerprint density at radius 2 is 2.05 bits per heavy atom. The van der Waals surface area contributed by atoms with Crippen molar-refractivity contribution in [2.24, 2.45) is 0 Å². The lowest BCUT2D eigenvalue weighted by Gasteiger charge is -2.47. The van der Waals surface area contributed by atoms with Crippen LogP contribution in [0.2, 0.25) is 5.02 Å². The first kappa shape index (κ1) is 27.8. The van der Waals surface area contributed by atoms with E-state index in [1.165, 1.54) is 18.3 Å². The number of anilines is 1. The Morgan fingerprint density at radius 3 is 2.81 bits per heavy atom. The molecule has 5 heterocycles. The van der Waals surface area contributed by atoms with E-state index in [0.717, 1.165) is 0 Å². The highest BCUT2D eigenvalue weighted by Crippen LogP contribution is 2.43. The molecule has 3 fully saturated rings. The lowest BCUT2D eigenvalue weighted by Crippen LogP contribution is -2.63. The molecule has 0 radical (unpaired) electrons. The third-order valence-corrected chi connectivity index (χ3v) is 9.23. The Morgan fingerprint density at radius 1 is 1.21 bits per heavy atom. The molecule has 4 atom stereocenters. The lowest BCUT2D eigenvalue weighted by atomic mass is 9.95. The summed E-state index contributed by atoms with van der Waals surface area (Å²) in [6.45, 7) is 4.97. The highest BCUT2D eigenvalue weighted by Gasteiger charge is 2.49. The molecule has 4 aromatic rings. The van der Waals surface area contributed by atoms with E-state index in [2.05, 4.69) is 21.5 Å². The molecule has 3 saturated heterocycles. The number of hydrogen-bond donors (Lipinski definition) is 0. The van der Waals surface area contributed by atoms with Gasteiger partial charge in [-0.2, -0.15) is 9.97 Å². The number of carbonyl (C=O) groups is 1. The van der Waals surface area contributed by atoms with E-state index in [9.17, 15) is 9.18 Å². The molecule has 0 unspecified atom stereocenters. The van der Waals surface area contributed by atoms with Crippen molar-refractivity contribution in [1.29, 1.82) is 0 Å². The van der Waals surface area contributed by atoms with Gasteiger partial charge in [-0.3, -0.25) is 14.7 Å². The Bertz CT molecular complexity index is 1790. The first-order valence-electron chi connectivity index (χ1n) is 14.1. The zero-order valence-electron chi connectivity index (χ0n) is 23.3. The number of likely N-dealkylation sites (tertiary alicyclic amines) is 2. The van der Waals surface area contributed by atoms with Gasteiger partial charge in [0.1, 0.15) is 29.9 Å². The van der Waals surface area contributed by atoms with Crippen molar-refractivity contribution in [3.63, 3.8) is 0 Å². The largest absolute Gasteiger partial charge is 0.462 e. The summed E-state index contributed by atoms with van der Waals surface area (Å²) < 4.78 is 52.5. The second kappa shape index (κ2) is 10.6. The second-order valence-electron chi connectivity index (χ2n) is 11.3. The second-order valence-corrected chi connectivity index (χ2v) is 11.8. The van der Waals surface area contributed by atoms with Crippen LogP contribution in [-0.4, -0.2) is 88.2 Å². The fraction of sp³-hybridized carbons (Fsp3) is 0.355. The molecule has 1 amide bonds. The van der Waals surface area contributed by atoms with E-state index in [1.54, 1.807) is 29.3 Å². The van der Waals surface area contributed by atoms with E-state index in [-0.39, 0.29) is 58.7 Å². The number of amides is 1. The number of nitrogens with zero attached hydrogens (tertiary/aromatic N) is 6. The van der Waals surface area contributed by atoms with Crippen LogP contribution < -0.4 is 9.64 Å². The molecule has 7 rings (SSSR count). The Labute approximate surface area is 250 Å². The number of benzene rings is 2. The number of rotatable bonds is 6. The van der Waals surface area contributed by atoms with Crippen molar-refractivity contribution in [2.45, 2.75) is 37.1 Å². The van der Waals surface area contributed by atoms with Crippen LogP contribution in [0.25, 0.3) is 32.8 Å². The third kappa shape index (κ3) is 4.56. The minimum absolute atomic E-state index is 0.0635. The van der Waals surface area contributed by atoms with Crippen molar-refractivity contribution in [1.82, 2.24) is 24.8 Å². The molecule has 0 saturated carbocycles. The summed E-state index contributed by atoms with van der Waals surface area (Å²) in [4.78, 5) is 31.1. The van der Waals surface area contributed by atoms with Gasteiger partial charge in [-0.15, -0.1) is 0 Å². The minimum Gasteiger partial charge on any atom is -0.462 e. The van der Waals surface area contributed by atoms with Crippen molar-refractivity contribution >= 4 is 45.0 Å². The molecule has 222 valence electrons. The van der Waals surface area contributed by atoms with Crippen molar-refractivity contribution in [3.8, 4) is 17.1 Å². The molecule has 12 heteroatoms. The SMILES string of the molecule is C=CC(=O)N1CC[C@@H]2[C@H]1CN2c1nc(OC[C@@H]2C[C@@H](F)CN2C)nc2c(F)c(-c3cncc4cccc(Cl)c34)c(F)cc12. The summed E-state index contributed by atoms with van der Waals surface area (Å²) in [5.41, 5.74) is -0.234. The first-order valence-corrected chi connectivity index (χ1v) is 14.5. The number of ether oxygens (including phenoxy) is 1. The first-order chi connectivity index (χ1) is 20.7. The summed E-state index contributed by atoms with van der Waals surface area (Å²) in [6.07, 6.45) is 4.27. The molecular weight excluding hydrogens is 581 g/mol. The maximum Gasteiger partial charge on any atom is 0.319 e. The normalized spacial score (nSPS) is 23.6.